The van der Waals surface area contributed by atoms with E-state index in [1.165, 1.54) is 11.1 Å². The summed E-state index contributed by atoms with van der Waals surface area (Å²) < 4.78 is 39.7. The van der Waals surface area contributed by atoms with Crippen LogP contribution < -0.4 is 4.74 Å². The molecule has 0 N–H and O–H groups in total. The molecule has 30 heavy (non-hydrogen) atoms. The van der Waals surface area contributed by atoms with Gasteiger partial charge in [0, 0.05) is 28.1 Å². The fourth-order valence-corrected chi connectivity index (χ4v) is 6.35. The van der Waals surface area contributed by atoms with E-state index in [0.29, 0.717) is 13.0 Å². The van der Waals surface area contributed by atoms with Crippen LogP contribution in [0.1, 0.15) is 55.2 Å². The topological polar surface area (TPSA) is 65.0 Å². The minimum absolute atomic E-state index is 0.234. The van der Waals surface area contributed by atoms with Crippen LogP contribution in [0.4, 0.5) is 0 Å². The molecular weight excluding hydrogens is 422 g/mol. The van der Waals surface area contributed by atoms with E-state index in [1.54, 1.807) is 0 Å². The van der Waals surface area contributed by atoms with E-state index in [1.807, 2.05) is 42.5 Å². The first-order valence-electron chi connectivity index (χ1n) is 10.4. The second kappa shape index (κ2) is 7.27. The van der Waals surface area contributed by atoms with Gasteiger partial charge < -0.3 is 9.47 Å². The van der Waals surface area contributed by atoms with Crippen molar-refractivity contribution in [1.82, 2.24) is 0 Å². The number of halogens is 1. The van der Waals surface area contributed by atoms with Gasteiger partial charge in [-0.25, -0.2) is 0 Å². The van der Waals surface area contributed by atoms with Crippen LogP contribution >= 0.6 is 10.7 Å². The molecular formula is C23H24ClNO4S. The second-order valence-electron chi connectivity index (χ2n) is 8.52. The molecule has 2 aromatic rings. The van der Waals surface area contributed by atoms with Crippen molar-refractivity contribution in [3.63, 3.8) is 0 Å². The summed E-state index contributed by atoms with van der Waals surface area (Å²) in [5.41, 5.74) is 2.77. The molecule has 1 aliphatic heterocycles. The molecule has 2 fully saturated rings. The molecule has 0 bridgehead atoms. The SMILES string of the molecule is O=S(=O)(Cl)N=C1CC23CCCCC2(CCc2cccc(OCc4ccccc4)c23)O1. The summed E-state index contributed by atoms with van der Waals surface area (Å²) in [4.78, 5) is 0. The Morgan fingerprint density at radius 2 is 1.83 bits per heavy atom. The summed E-state index contributed by atoms with van der Waals surface area (Å²) in [7, 11) is 1.40. The third kappa shape index (κ3) is 3.30. The number of ether oxygens (including phenoxy) is 2. The van der Waals surface area contributed by atoms with Crippen molar-refractivity contribution in [2.75, 3.05) is 0 Å². The lowest BCUT2D eigenvalue weighted by Crippen LogP contribution is -2.54. The zero-order valence-electron chi connectivity index (χ0n) is 16.6. The van der Waals surface area contributed by atoms with Crippen LogP contribution in [0.15, 0.2) is 52.9 Å². The number of nitrogens with zero attached hydrogens (tertiary/aromatic N) is 1. The Labute approximate surface area is 181 Å². The molecule has 158 valence electrons. The van der Waals surface area contributed by atoms with Gasteiger partial charge >= 0.3 is 9.24 Å². The van der Waals surface area contributed by atoms with Gasteiger partial charge in [-0.05, 0) is 49.3 Å². The summed E-state index contributed by atoms with van der Waals surface area (Å²) in [6, 6.07) is 16.3. The molecule has 7 heteroatoms. The van der Waals surface area contributed by atoms with Crippen LogP contribution in [-0.2, 0) is 32.4 Å². The molecule has 1 saturated heterocycles. The Hall–Kier alpha value is -2.05. The highest BCUT2D eigenvalue weighted by Crippen LogP contribution is 2.62. The molecule has 0 amide bonds. The largest absolute Gasteiger partial charge is 0.489 e. The highest BCUT2D eigenvalue weighted by molar-refractivity contribution is 8.12. The third-order valence-electron chi connectivity index (χ3n) is 6.91. The highest BCUT2D eigenvalue weighted by atomic mass is 35.7. The van der Waals surface area contributed by atoms with Crippen LogP contribution in [0.5, 0.6) is 5.75 Å². The molecule has 2 aliphatic carbocycles. The quantitative estimate of drug-likeness (QED) is 0.616. The number of aryl methyl sites for hydroxylation is 1. The average molecular weight is 446 g/mol. The van der Waals surface area contributed by atoms with E-state index in [-0.39, 0.29) is 11.3 Å². The van der Waals surface area contributed by atoms with E-state index in [4.69, 9.17) is 20.2 Å². The molecule has 5 rings (SSSR count). The van der Waals surface area contributed by atoms with Crippen molar-refractivity contribution in [3.8, 4) is 5.75 Å². The van der Waals surface area contributed by atoms with E-state index in [2.05, 4.69) is 10.5 Å². The monoisotopic (exact) mass is 445 g/mol. The van der Waals surface area contributed by atoms with Gasteiger partial charge in [0.05, 0.1) is 0 Å². The summed E-state index contributed by atoms with van der Waals surface area (Å²) in [5, 5.41) is 0. The number of rotatable bonds is 4. The Bertz CT molecular complexity index is 1100. The predicted octanol–water partition coefficient (Wildman–Crippen LogP) is 5.06. The number of hydrogen-bond acceptors (Lipinski definition) is 4. The first-order valence-corrected chi connectivity index (χ1v) is 12.7. The molecule has 5 nitrogen and oxygen atoms in total. The van der Waals surface area contributed by atoms with Gasteiger partial charge in [0.25, 0.3) is 0 Å². The van der Waals surface area contributed by atoms with Crippen molar-refractivity contribution in [3.05, 3.63) is 65.2 Å². The van der Waals surface area contributed by atoms with E-state index in [0.717, 1.165) is 49.8 Å². The first-order chi connectivity index (χ1) is 14.4. The molecule has 2 atom stereocenters. The normalized spacial score (nSPS) is 28.9. The summed E-state index contributed by atoms with van der Waals surface area (Å²) in [5.74, 6) is 1.10. The number of hydrogen-bond donors (Lipinski definition) is 0. The van der Waals surface area contributed by atoms with Gasteiger partial charge in [0.2, 0.25) is 5.90 Å². The predicted molar refractivity (Wildman–Crippen MR) is 116 cm³/mol. The smallest absolute Gasteiger partial charge is 0.342 e. The lowest BCUT2D eigenvalue weighted by Gasteiger charge is -2.51. The van der Waals surface area contributed by atoms with Gasteiger partial charge in [-0.15, -0.1) is 4.40 Å². The van der Waals surface area contributed by atoms with Crippen LogP contribution in [0, 0.1) is 0 Å². The minimum atomic E-state index is -4.03. The maximum Gasteiger partial charge on any atom is 0.342 e. The molecule has 0 radical (unpaired) electrons. The van der Waals surface area contributed by atoms with E-state index in [9.17, 15) is 8.42 Å². The van der Waals surface area contributed by atoms with Gasteiger partial charge in [-0.3, -0.25) is 0 Å². The van der Waals surface area contributed by atoms with Crippen LogP contribution in [0.3, 0.4) is 0 Å². The standard InChI is InChI=1S/C23H24ClNO4S/c24-30(26,27)25-20-15-22-12-4-5-13-23(22,29-20)14-11-18-9-6-10-19(21(18)22)28-16-17-7-2-1-3-8-17/h1-3,6-10H,4-5,11-16H2. The lowest BCUT2D eigenvalue weighted by atomic mass is 9.54. The molecule has 0 spiro atoms. The van der Waals surface area contributed by atoms with Crippen molar-refractivity contribution in [2.24, 2.45) is 4.40 Å². The van der Waals surface area contributed by atoms with Crippen LogP contribution in [0.2, 0.25) is 0 Å². The Morgan fingerprint density at radius 3 is 2.63 bits per heavy atom. The molecule has 0 aromatic heterocycles. The maximum absolute atomic E-state index is 11.6. The van der Waals surface area contributed by atoms with Gasteiger partial charge in [0.15, 0.2) is 0 Å². The summed E-state index contributed by atoms with van der Waals surface area (Å²) in [6.45, 7) is 0.484. The minimum Gasteiger partial charge on any atom is -0.489 e. The molecule has 2 unspecified atom stereocenters. The van der Waals surface area contributed by atoms with Crippen molar-refractivity contribution < 1.29 is 17.9 Å². The Morgan fingerprint density at radius 1 is 1.03 bits per heavy atom. The zero-order valence-corrected chi connectivity index (χ0v) is 18.2. The van der Waals surface area contributed by atoms with Gasteiger partial charge in [0.1, 0.15) is 18.0 Å². The Kier molecular flexibility index (Phi) is 4.82. The van der Waals surface area contributed by atoms with Gasteiger partial charge in [-0.2, -0.15) is 8.42 Å². The van der Waals surface area contributed by atoms with Crippen molar-refractivity contribution in [1.29, 1.82) is 0 Å². The fourth-order valence-electron chi connectivity index (χ4n) is 5.77. The first kappa shape index (κ1) is 19.9. The molecule has 3 aliphatic rings. The second-order valence-corrected chi connectivity index (χ2v) is 10.7. The van der Waals surface area contributed by atoms with Crippen LogP contribution in [-0.4, -0.2) is 19.9 Å². The van der Waals surface area contributed by atoms with Crippen molar-refractivity contribution >= 4 is 25.8 Å². The molecule has 2 aromatic carbocycles. The van der Waals surface area contributed by atoms with E-state index >= 15 is 0 Å². The Balaban J connectivity index is 1.59. The maximum atomic E-state index is 11.6. The van der Waals surface area contributed by atoms with Crippen LogP contribution in [0.25, 0.3) is 0 Å². The summed E-state index contributed by atoms with van der Waals surface area (Å²) >= 11 is 0. The number of benzene rings is 2. The number of fused-ring (bicyclic) bond motifs is 1. The van der Waals surface area contributed by atoms with Gasteiger partial charge in [-0.1, -0.05) is 48.9 Å². The third-order valence-corrected chi connectivity index (χ3v) is 7.54. The average Bonchev–Trinajstić information content (AvgIpc) is 3.05. The molecule has 1 saturated carbocycles. The van der Waals surface area contributed by atoms with Crippen molar-refractivity contribution in [2.45, 2.75) is 62.6 Å². The zero-order chi connectivity index (χ0) is 20.8. The lowest BCUT2D eigenvalue weighted by molar-refractivity contribution is -0.0336. The highest BCUT2D eigenvalue weighted by Gasteiger charge is 2.64. The fraction of sp³-hybridized carbons (Fsp3) is 0.435. The van der Waals surface area contributed by atoms with E-state index < -0.39 is 14.8 Å². The molecule has 1 heterocycles. The summed E-state index contributed by atoms with van der Waals surface area (Å²) in [6.07, 6.45) is 6.11.